The average Bonchev–Trinajstić information content (AvgIpc) is 2.04. The highest BCUT2D eigenvalue weighted by Crippen LogP contribution is 1.67. The van der Waals surface area contributed by atoms with Gasteiger partial charge >= 0.3 is 6.03 Å². The van der Waals surface area contributed by atoms with Crippen LogP contribution in [0.15, 0.2) is 10.1 Å². The average molecular weight is 156 g/mol. The zero-order valence-electron chi connectivity index (χ0n) is 5.78. The molecule has 0 spiro atoms. The van der Waals surface area contributed by atoms with Gasteiger partial charge in [-0.2, -0.15) is 5.10 Å². The van der Waals surface area contributed by atoms with Gasteiger partial charge in [0.1, 0.15) is 0 Å². The van der Waals surface area contributed by atoms with Crippen molar-refractivity contribution in [1.82, 2.24) is 10.7 Å². The van der Waals surface area contributed by atoms with Gasteiger partial charge in [0, 0.05) is 6.21 Å². The number of carbonyl (C=O) groups excluding carboxylic acids is 2. The Kier molecular flexibility index (Phi) is 5.40. The van der Waals surface area contributed by atoms with Gasteiger partial charge in [0.25, 0.3) is 0 Å². The minimum absolute atomic E-state index is 0.265. The van der Waals surface area contributed by atoms with Gasteiger partial charge in [-0.1, -0.05) is 0 Å². The maximum absolute atomic E-state index is 10.3. The van der Waals surface area contributed by atoms with Crippen LogP contribution in [0.5, 0.6) is 0 Å². The number of urea groups is 1. The number of aliphatic imine (C=N–C) groups is 1. The summed E-state index contributed by atoms with van der Waals surface area (Å²) in [6.45, 7) is 3.23. The van der Waals surface area contributed by atoms with E-state index in [0.717, 1.165) is 0 Å². The Balaban J connectivity index is 3.36. The van der Waals surface area contributed by atoms with E-state index in [0.29, 0.717) is 6.41 Å². The summed E-state index contributed by atoms with van der Waals surface area (Å²) in [5.41, 5.74) is 2.04. The van der Waals surface area contributed by atoms with E-state index >= 15 is 0 Å². The molecule has 6 nitrogen and oxygen atoms in total. The van der Waals surface area contributed by atoms with Crippen molar-refractivity contribution < 1.29 is 9.59 Å². The quantitative estimate of drug-likeness (QED) is 0.240. The SMILES string of the molecule is C=NC(=O)N/N=C/CNC=O. The fourth-order valence-electron chi connectivity index (χ4n) is 0.283. The van der Waals surface area contributed by atoms with Crippen LogP contribution in [0.25, 0.3) is 0 Å². The zero-order valence-corrected chi connectivity index (χ0v) is 5.78. The van der Waals surface area contributed by atoms with Crippen LogP contribution in [0.3, 0.4) is 0 Å². The highest BCUT2D eigenvalue weighted by atomic mass is 16.2. The Morgan fingerprint density at radius 3 is 2.91 bits per heavy atom. The number of hydrogen-bond acceptors (Lipinski definition) is 3. The molecule has 6 heteroatoms. The van der Waals surface area contributed by atoms with Crippen molar-refractivity contribution in [3.05, 3.63) is 0 Å². The third-order valence-electron chi connectivity index (χ3n) is 0.688. The first-order valence-electron chi connectivity index (χ1n) is 2.76. The Morgan fingerprint density at radius 1 is 1.64 bits per heavy atom. The lowest BCUT2D eigenvalue weighted by Gasteiger charge is -1.90. The monoisotopic (exact) mass is 156 g/mol. The van der Waals surface area contributed by atoms with Crippen LogP contribution in [-0.4, -0.2) is 31.9 Å². The number of rotatable bonds is 4. The molecule has 0 rings (SSSR count). The van der Waals surface area contributed by atoms with Gasteiger partial charge in [0.15, 0.2) is 0 Å². The van der Waals surface area contributed by atoms with Gasteiger partial charge in [-0.3, -0.25) is 4.79 Å². The third kappa shape index (κ3) is 6.16. The molecule has 11 heavy (non-hydrogen) atoms. The topological polar surface area (TPSA) is 82.9 Å². The number of carbonyl (C=O) groups is 2. The molecule has 2 N–H and O–H groups in total. The predicted octanol–water partition coefficient (Wildman–Crippen LogP) is -0.872. The summed E-state index contributed by atoms with van der Waals surface area (Å²) in [7, 11) is 0. The van der Waals surface area contributed by atoms with E-state index in [1.807, 2.05) is 5.43 Å². The lowest BCUT2D eigenvalue weighted by Crippen LogP contribution is -2.17. The maximum Gasteiger partial charge on any atom is 0.360 e. The summed E-state index contributed by atoms with van der Waals surface area (Å²) in [6.07, 6.45) is 1.84. The van der Waals surface area contributed by atoms with Crippen LogP contribution in [-0.2, 0) is 4.79 Å². The van der Waals surface area contributed by atoms with Gasteiger partial charge < -0.3 is 5.32 Å². The standard InChI is InChI=1S/C5H8N4O2/c1-6-5(11)9-8-3-2-7-4-10/h3-4H,1-2H2,(H,7,10)(H,9,11)/b8-3+. The largest absolute Gasteiger partial charge is 0.360 e. The highest BCUT2D eigenvalue weighted by Gasteiger charge is 1.86. The molecular weight excluding hydrogens is 148 g/mol. The normalized spacial score (nSPS) is 9.09. The predicted molar refractivity (Wildman–Crippen MR) is 40.6 cm³/mol. The second-order valence-electron chi connectivity index (χ2n) is 1.41. The molecule has 0 unspecified atom stereocenters. The lowest BCUT2D eigenvalue weighted by molar-refractivity contribution is -0.109. The van der Waals surface area contributed by atoms with Crippen molar-refractivity contribution in [3.8, 4) is 0 Å². The molecule has 0 aliphatic rings. The molecule has 0 saturated heterocycles. The fraction of sp³-hybridized carbons (Fsp3) is 0.200. The summed E-state index contributed by atoms with van der Waals surface area (Å²) < 4.78 is 0. The molecule has 0 fully saturated rings. The molecule has 0 saturated carbocycles. The van der Waals surface area contributed by atoms with Crippen LogP contribution in [0.4, 0.5) is 4.79 Å². The van der Waals surface area contributed by atoms with Crippen LogP contribution >= 0.6 is 0 Å². The second kappa shape index (κ2) is 6.40. The molecule has 60 valence electrons. The molecule has 0 aliphatic heterocycles. The molecule has 0 aromatic rings. The van der Waals surface area contributed by atoms with E-state index in [-0.39, 0.29) is 6.54 Å². The molecule has 0 heterocycles. The Hall–Kier alpha value is -1.72. The van der Waals surface area contributed by atoms with Crippen molar-refractivity contribution in [2.45, 2.75) is 0 Å². The van der Waals surface area contributed by atoms with Gasteiger partial charge in [-0.25, -0.2) is 15.2 Å². The molecular formula is C5H8N4O2. The Bertz CT molecular complexity index is 177. The molecule has 3 amide bonds. The molecule has 0 atom stereocenters. The fourth-order valence-corrected chi connectivity index (χ4v) is 0.283. The van der Waals surface area contributed by atoms with Crippen LogP contribution < -0.4 is 10.7 Å². The van der Waals surface area contributed by atoms with E-state index in [2.05, 4.69) is 22.1 Å². The lowest BCUT2D eigenvalue weighted by atomic mass is 10.7. The van der Waals surface area contributed by atoms with Crippen LogP contribution in [0, 0.1) is 0 Å². The number of hydrazone groups is 1. The van der Waals surface area contributed by atoms with Crippen molar-refractivity contribution in [2.24, 2.45) is 10.1 Å². The van der Waals surface area contributed by atoms with Gasteiger partial charge in [0.2, 0.25) is 6.41 Å². The smallest absolute Gasteiger partial charge is 0.354 e. The van der Waals surface area contributed by atoms with E-state index in [9.17, 15) is 9.59 Å². The summed E-state index contributed by atoms with van der Waals surface area (Å²) in [5.74, 6) is 0. The molecule has 0 aromatic heterocycles. The molecule has 0 aliphatic carbocycles. The van der Waals surface area contributed by atoms with E-state index in [1.54, 1.807) is 0 Å². The first-order valence-corrected chi connectivity index (χ1v) is 2.76. The Morgan fingerprint density at radius 2 is 2.36 bits per heavy atom. The first-order chi connectivity index (χ1) is 5.31. The third-order valence-corrected chi connectivity index (χ3v) is 0.688. The number of hydrogen-bond donors (Lipinski definition) is 2. The number of nitrogens with one attached hydrogen (secondary N) is 2. The molecule has 0 bridgehead atoms. The van der Waals surface area contributed by atoms with Crippen molar-refractivity contribution >= 4 is 25.4 Å². The summed E-state index contributed by atoms with van der Waals surface area (Å²) in [6, 6.07) is -0.632. The zero-order chi connectivity index (χ0) is 8.53. The number of amides is 3. The minimum atomic E-state index is -0.632. The van der Waals surface area contributed by atoms with E-state index < -0.39 is 6.03 Å². The van der Waals surface area contributed by atoms with Crippen LogP contribution in [0.2, 0.25) is 0 Å². The number of nitrogens with zero attached hydrogens (tertiary/aromatic N) is 2. The highest BCUT2D eigenvalue weighted by molar-refractivity contribution is 5.79. The van der Waals surface area contributed by atoms with Gasteiger partial charge in [0.05, 0.1) is 6.54 Å². The maximum atomic E-state index is 10.3. The van der Waals surface area contributed by atoms with Crippen LogP contribution in [0.1, 0.15) is 0 Å². The van der Waals surface area contributed by atoms with E-state index in [1.165, 1.54) is 6.21 Å². The first kappa shape index (κ1) is 9.28. The van der Waals surface area contributed by atoms with Crippen molar-refractivity contribution in [2.75, 3.05) is 6.54 Å². The molecule has 0 aromatic carbocycles. The van der Waals surface area contributed by atoms with Crippen molar-refractivity contribution in [3.63, 3.8) is 0 Å². The molecule has 0 radical (unpaired) electrons. The summed E-state index contributed by atoms with van der Waals surface area (Å²) >= 11 is 0. The van der Waals surface area contributed by atoms with Gasteiger partial charge in [-0.05, 0) is 6.72 Å². The van der Waals surface area contributed by atoms with Crippen molar-refractivity contribution in [1.29, 1.82) is 0 Å². The second-order valence-corrected chi connectivity index (χ2v) is 1.41. The van der Waals surface area contributed by atoms with E-state index in [4.69, 9.17) is 0 Å². The minimum Gasteiger partial charge on any atom is -0.354 e. The summed E-state index contributed by atoms with van der Waals surface area (Å²) in [4.78, 5) is 23.0. The Labute approximate surface area is 63.4 Å². The van der Waals surface area contributed by atoms with Gasteiger partial charge in [-0.15, -0.1) is 0 Å². The summed E-state index contributed by atoms with van der Waals surface area (Å²) in [5, 5.41) is 5.71.